The van der Waals surface area contributed by atoms with Crippen LogP contribution in [-0.4, -0.2) is 97.6 Å². The van der Waals surface area contributed by atoms with Crippen LogP contribution < -0.4 is 68.5 Å². The number of phenols is 8. The second-order valence-electron chi connectivity index (χ2n) is 22.2. The zero-order chi connectivity index (χ0) is 68.5. The lowest BCUT2D eigenvalue weighted by Crippen LogP contribution is -2.28. The van der Waals surface area contributed by atoms with Crippen molar-refractivity contribution in [2.45, 2.75) is 0 Å². The number of methoxy groups -OCH3 is 2. The topological polar surface area (TPSA) is 425 Å². The maximum Gasteiger partial charge on any atom is 0.344 e. The number of pyridine rings is 2. The van der Waals surface area contributed by atoms with Crippen molar-refractivity contribution in [1.82, 2.24) is 0 Å². The molecule has 0 radical (unpaired) electrons. The molecule has 488 valence electrons. The Bertz CT molecular complexity index is 5830. The van der Waals surface area contributed by atoms with Gasteiger partial charge in [0.05, 0.1) is 68.4 Å². The molecule has 4 aromatic heterocycles. The Balaban J connectivity index is 0.000000111. The Hall–Kier alpha value is -13.7. The highest BCUT2D eigenvalue weighted by atomic mass is 16.7. The number of aromatic carboxylic acids is 2. The number of nitrogens with zero attached hydrogens (tertiary/aromatic N) is 2. The van der Waals surface area contributed by atoms with Gasteiger partial charge in [-0.2, -0.15) is 9.13 Å². The van der Waals surface area contributed by atoms with Gasteiger partial charge in [0, 0.05) is 21.5 Å². The first kappa shape index (κ1) is 60.9. The lowest BCUT2D eigenvalue weighted by molar-refractivity contribution is -0.642. The Morgan fingerprint density at radius 1 is 0.423 bits per heavy atom. The van der Waals surface area contributed by atoms with Crippen LogP contribution in [0.4, 0.5) is 0 Å². The largest absolute Gasteiger partial charge is 0.869 e. The van der Waals surface area contributed by atoms with Crippen LogP contribution in [0.1, 0.15) is 20.7 Å². The van der Waals surface area contributed by atoms with Crippen molar-refractivity contribution in [3.8, 4) is 103 Å². The first-order valence-corrected chi connectivity index (χ1v) is 28.7. The van der Waals surface area contributed by atoms with E-state index in [9.17, 15) is 80.5 Å². The Morgan fingerprint density at radius 2 is 0.825 bits per heavy atom. The SMILES string of the molecule is COc1ccc2c(c[n+](C)c3c4cc5c(cc4ccc23)OCO5)c1OC.C[n+]1cc2c3c(ccc2c2ccc4cc5c(cc4c21)OCO5)OCO3.O=C(O)c1cc(O)c(O)c2oc(=O)c3cc(O)c(O)c([O-])c3c12.O=C(O)c1cc(O)c(O)c2oc(=O)c3cc(O)c(O)c([O-])c3c12. The monoisotopic (exact) mass is 1320 g/mol. The van der Waals surface area contributed by atoms with Crippen LogP contribution in [0.25, 0.3) is 108 Å². The molecule has 0 saturated heterocycles. The summed E-state index contributed by atoms with van der Waals surface area (Å²) in [7, 11) is 7.43. The molecule has 17 rings (SSSR count). The molecule has 0 aliphatic carbocycles. The number of phenolic OH excluding ortho intramolecular Hbond substituents is 8. The second-order valence-corrected chi connectivity index (χ2v) is 22.2. The first-order valence-electron chi connectivity index (χ1n) is 28.7. The molecule has 0 unspecified atom stereocenters. The first-order chi connectivity index (χ1) is 46.5. The van der Waals surface area contributed by atoms with Gasteiger partial charge in [0.15, 0.2) is 92.6 Å². The molecule has 0 atom stereocenters. The van der Waals surface area contributed by atoms with Crippen molar-refractivity contribution in [2.75, 3.05) is 34.6 Å². The van der Waals surface area contributed by atoms with Crippen molar-refractivity contribution < 1.29 is 127 Å². The van der Waals surface area contributed by atoms with E-state index in [1.807, 2.05) is 31.3 Å². The van der Waals surface area contributed by atoms with E-state index < -0.39 is 135 Å². The minimum absolute atomic E-state index is 0.273. The molecule has 0 fully saturated rings. The summed E-state index contributed by atoms with van der Waals surface area (Å²) >= 11 is 0. The van der Waals surface area contributed by atoms with E-state index in [1.54, 1.807) is 14.2 Å². The van der Waals surface area contributed by atoms with Crippen LogP contribution in [0.5, 0.6) is 103 Å². The number of ether oxygens (including phenoxy) is 8. The maximum atomic E-state index is 12.2. The number of aromatic hydroxyl groups is 8. The van der Waals surface area contributed by atoms with Gasteiger partial charge in [-0.3, -0.25) is 0 Å². The average molecular weight is 1320 g/mol. The summed E-state index contributed by atoms with van der Waals surface area (Å²) in [6.07, 6.45) is 4.19. The molecular formula is C69H46N2O26. The van der Waals surface area contributed by atoms with Crippen molar-refractivity contribution in [3.05, 3.63) is 141 Å². The van der Waals surface area contributed by atoms with Crippen molar-refractivity contribution >= 4 is 120 Å². The highest BCUT2D eigenvalue weighted by molar-refractivity contribution is 6.21. The Morgan fingerprint density at radius 3 is 1.28 bits per heavy atom. The molecule has 0 bridgehead atoms. The van der Waals surface area contributed by atoms with Gasteiger partial charge in [0.25, 0.3) is 0 Å². The normalized spacial score (nSPS) is 12.5. The molecule has 0 saturated carbocycles. The number of carboxylic acid groups (broad SMARTS) is 2. The summed E-state index contributed by atoms with van der Waals surface area (Å²) in [5, 5.41) is 127. The number of hydrogen-bond acceptors (Lipinski definition) is 24. The Kier molecular flexibility index (Phi) is 14.2. The number of aryl methyl sites for hydroxylation is 2. The summed E-state index contributed by atoms with van der Waals surface area (Å²) in [5.41, 5.74) is -2.75. The van der Waals surface area contributed by atoms with Gasteiger partial charge in [0.2, 0.25) is 42.9 Å². The third-order valence-corrected chi connectivity index (χ3v) is 16.8. The van der Waals surface area contributed by atoms with E-state index in [0.717, 1.165) is 118 Å². The average Bonchev–Trinajstić information content (AvgIpc) is 0.981. The number of rotatable bonds is 4. The number of carbonyl (C=O) groups is 2. The molecule has 0 amide bonds. The second kappa shape index (κ2) is 22.6. The standard InChI is InChI=1S/C21H18NO4.C20H14NO4.2C14H8O9/c1-22-10-16-13(6-7-17(23-2)21(16)24-3)14-5-4-12-8-18-19(26-11-25-18)9-15(12)20(14)22;1-21-8-15-12(4-5-16-20(15)25-10-22-16)13-3-2-11-6-17-18(24-9-23-17)7-14(11)19(13)21;2*15-5-2-4-7(11(19)9(5)17)8-3(13(20)21)1-6(16)10(18)12(8)23-14(4)22/h4-10H,11H2,1-3H3;2-8H,9-10H2,1H3;2*1-2,15-19H,(H,20,21)/q2*+1;;/p-2. The van der Waals surface area contributed by atoms with Gasteiger partial charge in [-0.15, -0.1) is 0 Å². The highest BCUT2D eigenvalue weighted by Crippen LogP contribution is 2.49. The summed E-state index contributed by atoms with van der Waals surface area (Å²) in [5.74, 6) is -6.85. The quantitative estimate of drug-likeness (QED) is 0.0343. The lowest BCUT2D eigenvalue weighted by Gasteiger charge is -2.16. The summed E-state index contributed by atoms with van der Waals surface area (Å²) in [6.45, 7) is 0.829. The zero-order valence-electron chi connectivity index (χ0n) is 50.4. The van der Waals surface area contributed by atoms with E-state index in [2.05, 4.69) is 77.1 Å². The van der Waals surface area contributed by atoms with Crippen molar-refractivity contribution in [1.29, 1.82) is 0 Å². The van der Waals surface area contributed by atoms with E-state index in [1.165, 1.54) is 5.39 Å². The summed E-state index contributed by atoms with van der Waals surface area (Å²) < 4.78 is 58.3. The molecule has 3 aliphatic heterocycles. The molecule has 0 spiro atoms. The van der Waals surface area contributed by atoms with Gasteiger partial charge in [0.1, 0.15) is 25.6 Å². The van der Waals surface area contributed by atoms with Crippen LogP contribution in [0, 0.1) is 0 Å². The van der Waals surface area contributed by atoms with E-state index in [-0.39, 0.29) is 20.4 Å². The Labute approximate surface area is 538 Å². The summed E-state index contributed by atoms with van der Waals surface area (Å²) in [6, 6.07) is 27.7. The fourth-order valence-electron chi connectivity index (χ4n) is 12.5. The lowest BCUT2D eigenvalue weighted by atomic mass is 10.00. The number of aromatic nitrogens is 2. The molecule has 3 aliphatic rings. The van der Waals surface area contributed by atoms with E-state index in [4.69, 9.17) is 46.7 Å². The highest BCUT2D eigenvalue weighted by Gasteiger charge is 2.29. The molecule has 28 nitrogen and oxygen atoms in total. The van der Waals surface area contributed by atoms with Gasteiger partial charge in [-0.05, 0) is 106 Å². The molecule has 7 heterocycles. The number of carboxylic acids is 2. The van der Waals surface area contributed by atoms with Crippen molar-refractivity contribution in [2.24, 2.45) is 14.1 Å². The van der Waals surface area contributed by atoms with E-state index >= 15 is 0 Å². The number of fused-ring (bicyclic) bond motifs is 20. The van der Waals surface area contributed by atoms with Gasteiger partial charge >= 0.3 is 23.2 Å². The number of hydrogen-bond donors (Lipinski definition) is 10. The molecular weight excluding hydrogens is 1270 g/mol. The molecule has 10 N–H and O–H groups in total. The molecule has 14 aromatic rings. The predicted octanol–water partition coefficient (Wildman–Crippen LogP) is 8.23. The van der Waals surface area contributed by atoms with Gasteiger partial charge in [-0.25, -0.2) is 19.2 Å². The van der Waals surface area contributed by atoms with Crippen LogP contribution >= 0.6 is 0 Å². The van der Waals surface area contributed by atoms with Crippen LogP contribution in [0.15, 0.2) is 128 Å². The van der Waals surface area contributed by atoms with Gasteiger partial charge < -0.3 is 108 Å². The van der Waals surface area contributed by atoms with Crippen LogP contribution in [-0.2, 0) is 14.1 Å². The molecule has 10 aromatic carbocycles. The minimum Gasteiger partial charge on any atom is -0.869 e. The zero-order valence-corrected chi connectivity index (χ0v) is 50.4. The fourth-order valence-corrected chi connectivity index (χ4v) is 12.5. The van der Waals surface area contributed by atoms with Gasteiger partial charge in [-0.1, -0.05) is 23.6 Å². The van der Waals surface area contributed by atoms with Crippen molar-refractivity contribution in [3.63, 3.8) is 0 Å². The smallest absolute Gasteiger partial charge is 0.344 e. The maximum absolute atomic E-state index is 12.2. The predicted molar refractivity (Wildman–Crippen MR) is 338 cm³/mol. The molecule has 97 heavy (non-hydrogen) atoms. The third kappa shape index (κ3) is 9.51. The summed E-state index contributed by atoms with van der Waals surface area (Å²) in [4.78, 5) is 46.5. The fraction of sp³-hybridized carbons (Fsp3) is 0.101. The minimum atomic E-state index is -1.58. The number of benzene rings is 10. The van der Waals surface area contributed by atoms with Crippen LogP contribution in [0.3, 0.4) is 0 Å². The third-order valence-electron chi connectivity index (χ3n) is 16.8. The van der Waals surface area contributed by atoms with Crippen LogP contribution in [0.2, 0.25) is 0 Å². The van der Waals surface area contributed by atoms with E-state index in [0.29, 0.717) is 12.1 Å². The molecule has 28 heteroatoms.